The summed E-state index contributed by atoms with van der Waals surface area (Å²) in [7, 11) is 0. The Kier molecular flexibility index (Phi) is 6.90. The van der Waals surface area contributed by atoms with E-state index in [9.17, 15) is 31.1 Å². The van der Waals surface area contributed by atoms with Gasteiger partial charge in [0.25, 0.3) is 0 Å². The molecule has 0 fully saturated rings. The maximum absolute atomic E-state index is 12.9. The van der Waals surface area contributed by atoms with E-state index >= 15 is 0 Å². The second kappa shape index (κ2) is 7.44. The molecule has 0 saturated carbocycles. The van der Waals surface area contributed by atoms with Gasteiger partial charge in [-0.25, -0.2) is 0 Å². The van der Waals surface area contributed by atoms with Crippen LogP contribution in [-0.4, -0.2) is 5.91 Å². The number of hydrogen-bond donors (Lipinski definition) is 1. The van der Waals surface area contributed by atoms with Crippen LogP contribution in [0.3, 0.4) is 0 Å². The minimum absolute atomic E-state index is 0.0437. The zero-order valence-corrected chi connectivity index (χ0v) is 14.3. The Labute approximate surface area is 137 Å². The molecular formula is C16H21F6NO. The predicted octanol–water partition coefficient (Wildman–Crippen LogP) is 6.04. The third-order valence-corrected chi connectivity index (χ3v) is 2.97. The lowest BCUT2D eigenvalue weighted by Gasteiger charge is -2.22. The Morgan fingerprint density at radius 1 is 0.917 bits per heavy atom. The summed E-state index contributed by atoms with van der Waals surface area (Å²) in [4.78, 5) is 11.8. The van der Waals surface area contributed by atoms with Crippen molar-refractivity contribution in [2.45, 2.75) is 53.9 Å². The number of alkyl halides is 6. The van der Waals surface area contributed by atoms with E-state index < -0.39 is 46.1 Å². The van der Waals surface area contributed by atoms with Crippen LogP contribution >= 0.6 is 0 Å². The van der Waals surface area contributed by atoms with E-state index in [4.69, 9.17) is 0 Å². The number of amides is 1. The number of anilines is 1. The van der Waals surface area contributed by atoms with E-state index in [1.807, 2.05) is 13.8 Å². The van der Waals surface area contributed by atoms with Crippen molar-refractivity contribution < 1.29 is 31.1 Å². The lowest BCUT2D eigenvalue weighted by atomic mass is 9.94. The van der Waals surface area contributed by atoms with Crippen molar-refractivity contribution in [2.24, 2.45) is 5.41 Å². The SMILES string of the molecule is CC.Cc1c(NC(=O)C(C)(C)C)cc(C(F)(F)F)cc1C(F)(F)F. The van der Waals surface area contributed by atoms with Gasteiger partial charge in [-0.3, -0.25) is 4.79 Å². The number of carbonyl (C=O) groups excluding carboxylic acids is 1. The van der Waals surface area contributed by atoms with Crippen molar-refractivity contribution in [2.75, 3.05) is 5.32 Å². The number of hydrogen-bond acceptors (Lipinski definition) is 1. The Balaban J connectivity index is 0.00000254. The third kappa shape index (κ3) is 5.72. The molecule has 1 aromatic carbocycles. The first-order valence-corrected chi connectivity index (χ1v) is 7.24. The molecule has 1 aromatic rings. The van der Waals surface area contributed by atoms with Crippen molar-refractivity contribution in [1.29, 1.82) is 0 Å². The summed E-state index contributed by atoms with van der Waals surface area (Å²) in [6.45, 7) is 9.50. The number of rotatable bonds is 1. The molecule has 1 N–H and O–H groups in total. The molecule has 8 heteroatoms. The number of halogens is 6. The van der Waals surface area contributed by atoms with Gasteiger partial charge < -0.3 is 5.32 Å². The van der Waals surface area contributed by atoms with Gasteiger partial charge in [0.2, 0.25) is 5.91 Å². The van der Waals surface area contributed by atoms with Crippen molar-refractivity contribution in [1.82, 2.24) is 0 Å². The second-order valence-corrected chi connectivity index (χ2v) is 5.90. The number of nitrogens with one attached hydrogen (secondary N) is 1. The Morgan fingerprint density at radius 2 is 1.38 bits per heavy atom. The fraction of sp³-hybridized carbons (Fsp3) is 0.562. The van der Waals surface area contributed by atoms with Gasteiger partial charge in [0.1, 0.15) is 0 Å². The van der Waals surface area contributed by atoms with Crippen LogP contribution in [0.4, 0.5) is 32.0 Å². The van der Waals surface area contributed by atoms with Gasteiger partial charge in [0.05, 0.1) is 11.1 Å². The minimum atomic E-state index is -4.95. The lowest BCUT2D eigenvalue weighted by molar-refractivity contribution is -0.143. The summed E-state index contributed by atoms with van der Waals surface area (Å²) in [5, 5.41) is 2.14. The molecule has 0 aliphatic rings. The highest BCUT2D eigenvalue weighted by Crippen LogP contribution is 2.40. The summed E-state index contributed by atoms with van der Waals surface area (Å²) in [5.74, 6) is -0.678. The second-order valence-electron chi connectivity index (χ2n) is 5.90. The molecule has 0 spiro atoms. The molecule has 0 radical (unpaired) electrons. The predicted molar refractivity (Wildman–Crippen MR) is 80.6 cm³/mol. The molecule has 0 heterocycles. The number of benzene rings is 1. The zero-order chi connectivity index (χ0) is 19.5. The van der Waals surface area contributed by atoms with Crippen molar-refractivity contribution in [3.05, 3.63) is 28.8 Å². The minimum Gasteiger partial charge on any atom is -0.325 e. The molecule has 0 atom stereocenters. The van der Waals surface area contributed by atoms with Gasteiger partial charge in [-0.05, 0) is 24.6 Å². The topological polar surface area (TPSA) is 29.1 Å². The fourth-order valence-corrected chi connectivity index (χ4v) is 1.61. The maximum atomic E-state index is 12.9. The third-order valence-electron chi connectivity index (χ3n) is 2.97. The molecule has 1 amide bonds. The molecule has 138 valence electrons. The largest absolute Gasteiger partial charge is 0.416 e. The zero-order valence-electron chi connectivity index (χ0n) is 14.3. The average molecular weight is 357 g/mol. The molecule has 24 heavy (non-hydrogen) atoms. The highest BCUT2D eigenvalue weighted by molar-refractivity contribution is 5.95. The molecule has 2 nitrogen and oxygen atoms in total. The fourth-order valence-electron chi connectivity index (χ4n) is 1.61. The summed E-state index contributed by atoms with van der Waals surface area (Å²) in [6, 6.07) is 0.552. The summed E-state index contributed by atoms with van der Waals surface area (Å²) in [6.07, 6.45) is -9.90. The van der Waals surface area contributed by atoms with Crippen molar-refractivity contribution >= 4 is 11.6 Å². The Bertz CT molecular complexity index is 582. The highest BCUT2D eigenvalue weighted by Gasteiger charge is 2.39. The molecular weight excluding hydrogens is 336 g/mol. The van der Waals surface area contributed by atoms with Crippen LogP contribution in [0.15, 0.2) is 12.1 Å². The van der Waals surface area contributed by atoms with Crippen LogP contribution in [0, 0.1) is 12.3 Å². The van der Waals surface area contributed by atoms with Gasteiger partial charge in [0.15, 0.2) is 0 Å². The first-order chi connectivity index (χ1) is 10.6. The number of carbonyl (C=O) groups is 1. The van der Waals surface area contributed by atoms with E-state index in [2.05, 4.69) is 5.32 Å². The molecule has 0 aromatic heterocycles. The van der Waals surface area contributed by atoms with Gasteiger partial charge in [-0.15, -0.1) is 0 Å². The molecule has 0 unspecified atom stereocenters. The van der Waals surface area contributed by atoms with Crippen LogP contribution in [0.25, 0.3) is 0 Å². The standard InChI is InChI=1S/C14H15F6NO.C2H6/c1-7-9(14(18,19)20)5-8(13(15,16)17)6-10(7)21-11(22)12(2,3)4;1-2/h5-6H,1-4H3,(H,21,22);1-2H3. The van der Waals surface area contributed by atoms with Gasteiger partial charge in [-0.2, -0.15) is 26.3 Å². The van der Waals surface area contributed by atoms with Gasteiger partial charge >= 0.3 is 12.4 Å². The molecule has 0 aliphatic carbocycles. The molecule has 1 rings (SSSR count). The molecule has 0 aliphatic heterocycles. The van der Waals surface area contributed by atoms with Gasteiger partial charge in [-0.1, -0.05) is 34.6 Å². The van der Waals surface area contributed by atoms with Crippen LogP contribution in [-0.2, 0) is 17.1 Å². The summed E-state index contributed by atoms with van der Waals surface area (Å²) in [5.41, 5.74) is -4.81. The van der Waals surface area contributed by atoms with Crippen LogP contribution in [0.1, 0.15) is 51.3 Å². The molecule has 0 saturated heterocycles. The highest BCUT2D eigenvalue weighted by atomic mass is 19.4. The summed E-state index contributed by atoms with van der Waals surface area (Å²) < 4.78 is 76.9. The van der Waals surface area contributed by atoms with E-state index in [0.29, 0.717) is 6.07 Å². The quantitative estimate of drug-likeness (QED) is 0.610. The maximum Gasteiger partial charge on any atom is 0.416 e. The smallest absolute Gasteiger partial charge is 0.325 e. The Hall–Kier alpha value is -1.73. The monoisotopic (exact) mass is 357 g/mol. The van der Waals surface area contributed by atoms with Crippen molar-refractivity contribution in [3.8, 4) is 0 Å². The van der Waals surface area contributed by atoms with Crippen LogP contribution in [0.2, 0.25) is 0 Å². The van der Waals surface area contributed by atoms with E-state index in [1.165, 1.54) is 20.8 Å². The van der Waals surface area contributed by atoms with E-state index in [1.54, 1.807) is 0 Å². The first kappa shape index (κ1) is 22.3. The van der Waals surface area contributed by atoms with E-state index in [-0.39, 0.29) is 6.07 Å². The van der Waals surface area contributed by atoms with Crippen LogP contribution in [0.5, 0.6) is 0 Å². The average Bonchev–Trinajstić information content (AvgIpc) is 2.39. The first-order valence-electron chi connectivity index (χ1n) is 7.24. The molecule has 0 bridgehead atoms. The van der Waals surface area contributed by atoms with Crippen LogP contribution < -0.4 is 5.32 Å². The Morgan fingerprint density at radius 3 is 1.71 bits per heavy atom. The summed E-state index contributed by atoms with van der Waals surface area (Å²) >= 11 is 0. The van der Waals surface area contributed by atoms with Gasteiger partial charge in [0, 0.05) is 11.1 Å². The van der Waals surface area contributed by atoms with E-state index in [0.717, 1.165) is 6.92 Å². The van der Waals surface area contributed by atoms with Crippen molar-refractivity contribution in [3.63, 3.8) is 0 Å². The lowest BCUT2D eigenvalue weighted by Crippen LogP contribution is -2.28. The normalized spacial score (nSPS) is 12.3.